The van der Waals surface area contributed by atoms with Crippen LogP contribution in [0.25, 0.3) is 0 Å². The zero-order chi connectivity index (χ0) is 6.53. The summed E-state index contributed by atoms with van der Waals surface area (Å²) in [6.45, 7) is 0. The first-order valence-electron chi connectivity index (χ1n) is 2.84. The summed E-state index contributed by atoms with van der Waals surface area (Å²) < 4.78 is 0. The van der Waals surface area contributed by atoms with Crippen LogP contribution in [0.3, 0.4) is 0 Å². The highest BCUT2D eigenvalue weighted by molar-refractivity contribution is 5.17. The summed E-state index contributed by atoms with van der Waals surface area (Å²) in [7, 11) is 0. The SMILES string of the molecule is N#C[13CH2]c1ccccc1. The molecule has 1 aromatic rings. The lowest BCUT2D eigenvalue weighted by Gasteiger charge is -1.88. The smallest absolute Gasteiger partial charge is 0.0669 e. The molecule has 0 aliphatic heterocycles. The highest BCUT2D eigenvalue weighted by Crippen LogP contribution is 1.96. The molecule has 0 aliphatic rings. The highest BCUT2D eigenvalue weighted by atomic mass is 14.3. The lowest BCUT2D eigenvalue weighted by molar-refractivity contribution is 1.26. The Kier molecular flexibility index (Phi) is 1.87. The molecule has 44 valence electrons. The van der Waals surface area contributed by atoms with Crippen molar-refractivity contribution in [3.05, 3.63) is 35.9 Å². The molecule has 0 radical (unpaired) electrons. The number of hydrogen-bond acceptors (Lipinski definition) is 1. The van der Waals surface area contributed by atoms with Crippen molar-refractivity contribution in [2.24, 2.45) is 0 Å². The molecule has 0 bridgehead atoms. The Morgan fingerprint density at radius 2 is 1.89 bits per heavy atom. The van der Waals surface area contributed by atoms with Gasteiger partial charge >= 0.3 is 0 Å². The summed E-state index contributed by atoms with van der Waals surface area (Å²) in [6.07, 6.45) is 0.515. The van der Waals surface area contributed by atoms with Crippen LogP contribution in [-0.2, 0) is 6.42 Å². The second-order valence-electron chi connectivity index (χ2n) is 1.82. The van der Waals surface area contributed by atoms with Crippen molar-refractivity contribution in [1.29, 1.82) is 5.26 Å². The second-order valence-corrected chi connectivity index (χ2v) is 1.82. The zero-order valence-electron chi connectivity index (χ0n) is 5.04. The topological polar surface area (TPSA) is 23.8 Å². The van der Waals surface area contributed by atoms with Crippen molar-refractivity contribution in [2.75, 3.05) is 0 Å². The molecule has 0 atom stereocenters. The van der Waals surface area contributed by atoms with Gasteiger partial charge in [0.15, 0.2) is 0 Å². The minimum absolute atomic E-state index is 0.515. The Morgan fingerprint density at radius 1 is 1.22 bits per heavy atom. The van der Waals surface area contributed by atoms with E-state index in [4.69, 9.17) is 5.26 Å². The van der Waals surface area contributed by atoms with E-state index in [2.05, 4.69) is 6.07 Å². The van der Waals surface area contributed by atoms with E-state index in [1.54, 1.807) is 0 Å². The standard InChI is InChI=1S/C8H7N/c9-7-6-8-4-2-1-3-5-8/h1-5H,6H2/i6+1. The van der Waals surface area contributed by atoms with Crippen molar-refractivity contribution in [3.63, 3.8) is 0 Å². The van der Waals surface area contributed by atoms with Crippen LogP contribution in [0.2, 0.25) is 0 Å². The van der Waals surface area contributed by atoms with Crippen molar-refractivity contribution in [2.45, 2.75) is 6.42 Å². The van der Waals surface area contributed by atoms with E-state index >= 15 is 0 Å². The van der Waals surface area contributed by atoms with Crippen LogP contribution >= 0.6 is 0 Å². The Labute approximate surface area is 54.6 Å². The second kappa shape index (κ2) is 2.88. The van der Waals surface area contributed by atoms with Gasteiger partial charge in [-0.05, 0) is 5.56 Å². The van der Waals surface area contributed by atoms with Gasteiger partial charge in [0.2, 0.25) is 0 Å². The van der Waals surface area contributed by atoms with E-state index in [0.717, 1.165) is 5.56 Å². The molecule has 0 heterocycles. The predicted octanol–water partition coefficient (Wildman–Crippen LogP) is 1.75. The summed E-state index contributed by atoms with van der Waals surface area (Å²) in [5.74, 6) is 0. The molecule has 1 aromatic carbocycles. The van der Waals surface area contributed by atoms with Crippen molar-refractivity contribution >= 4 is 0 Å². The van der Waals surface area contributed by atoms with Crippen molar-refractivity contribution in [1.82, 2.24) is 0 Å². The lowest BCUT2D eigenvalue weighted by Crippen LogP contribution is -1.76. The molecule has 0 saturated carbocycles. The Balaban J connectivity index is 2.76. The number of hydrogen-bond donors (Lipinski definition) is 0. The van der Waals surface area contributed by atoms with Crippen molar-refractivity contribution in [3.8, 4) is 6.07 Å². The van der Waals surface area contributed by atoms with Gasteiger partial charge in [0, 0.05) is 0 Å². The van der Waals surface area contributed by atoms with Gasteiger partial charge in [-0.15, -0.1) is 0 Å². The van der Waals surface area contributed by atoms with E-state index in [9.17, 15) is 0 Å². The molecule has 9 heavy (non-hydrogen) atoms. The third kappa shape index (κ3) is 1.58. The van der Waals surface area contributed by atoms with E-state index < -0.39 is 0 Å². The monoisotopic (exact) mass is 118 g/mol. The molecule has 1 heteroatoms. The Bertz CT molecular complexity index is 208. The molecule has 0 fully saturated rings. The molecule has 0 aliphatic carbocycles. The maximum Gasteiger partial charge on any atom is 0.0669 e. The van der Waals surface area contributed by atoms with Gasteiger partial charge in [0.25, 0.3) is 0 Å². The summed E-state index contributed by atoms with van der Waals surface area (Å²) in [5, 5.41) is 8.27. The maximum absolute atomic E-state index is 8.27. The average molecular weight is 118 g/mol. The third-order valence-electron chi connectivity index (χ3n) is 1.13. The van der Waals surface area contributed by atoms with Gasteiger partial charge in [-0.25, -0.2) is 0 Å². The Hall–Kier alpha value is -1.29. The summed E-state index contributed by atoms with van der Waals surface area (Å²) in [6, 6.07) is 11.8. The van der Waals surface area contributed by atoms with E-state index in [-0.39, 0.29) is 0 Å². The fourth-order valence-electron chi connectivity index (χ4n) is 0.687. The van der Waals surface area contributed by atoms with Gasteiger partial charge in [-0.1, -0.05) is 30.3 Å². The van der Waals surface area contributed by atoms with E-state index in [1.807, 2.05) is 30.3 Å². The van der Waals surface area contributed by atoms with Crippen molar-refractivity contribution < 1.29 is 0 Å². The maximum atomic E-state index is 8.27. The fourth-order valence-corrected chi connectivity index (χ4v) is 0.687. The summed E-state index contributed by atoms with van der Waals surface area (Å²) >= 11 is 0. The predicted molar refractivity (Wildman–Crippen MR) is 35.8 cm³/mol. The molecule has 0 aromatic heterocycles. The third-order valence-corrected chi connectivity index (χ3v) is 1.13. The molecule has 0 saturated heterocycles. The van der Waals surface area contributed by atoms with Gasteiger partial charge in [-0.3, -0.25) is 0 Å². The molecule has 0 spiro atoms. The average Bonchev–Trinajstić information content (AvgIpc) is 1.91. The van der Waals surface area contributed by atoms with Gasteiger partial charge < -0.3 is 0 Å². The first-order valence-corrected chi connectivity index (χ1v) is 2.84. The van der Waals surface area contributed by atoms with E-state index in [0.29, 0.717) is 6.42 Å². The molecule has 0 N–H and O–H groups in total. The number of nitriles is 1. The van der Waals surface area contributed by atoms with Crippen LogP contribution in [0.15, 0.2) is 30.3 Å². The Morgan fingerprint density at radius 3 is 2.44 bits per heavy atom. The van der Waals surface area contributed by atoms with E-state index in [1.165, 1.54) is 0 Å². The van der Waals surface area contributed by atoms with Gasteiger partial charge in [0.1, 0.15) is 0 Å². The van der Waals surface area contributed by atoms with Crippen LogP contribution in [-0.4, -0.2) is 0 Å². The largest absolute Gasteiger partial charge is 0.198 e. The first-order chi connectivity index (χ1) is 4.43. The molecule has 1 rings (SSSR count). The highest BCUT2D eigenvalue weighted by Gasteiger charge is 1.84. The number of benzene rings is 1. The van der Waals surface area contributed by atoms with Crippen LogP contribution in [0, 0.1) is 11.3 Å². The van der Waals surface area contributed by atoms with Gasteiger partial charge in [0.05, 0.1) is 12.5 Å². The van der Waals surface area contributed by atoms with Crippen LogP contribution < -0.4 is 0 Å². The summed E-state index contributed by atoms with van der Waals surface area (Å²) in [4.78, 5) is 0. The zero-order valence-corrected chi connectivity index (χ0v) is 5.04. The minimum Gasteiger partial charge on any atom is -0.198 e. The summed E-state index contributed by atoms with van der Waals surface area (Å²) in [5.41, 5.74) is 1.08. The van der Waals surface area contributed by atoms with Crippen LogP contribution in [0.4, 0.5) is 0 Å². The lowest BCUT2D eigenvalue weighted by atomic mass is 10.3. The van der Waals surface area contributed by atoms with Crippen LogP contribution in [0.5, 0.6) is 0 Å². The fraction of sp³-hybridized carbons (Fsp3) is 0.125. The normalized spacial score (nSPS) is 8.33. The molecule has 0 unspecified atom stereocenters. The molecule has 1 nitrogen and oxygen atoms in total. The molecular formula is C8H7N. The minimum atomic E-state index is 0.515. The van der Waals surface area contributed by atoms with Crippen LogP contribution in [0.1, 0.15) is 5.56 Å². The molecule has 0 amide bonds. The number of rotatable bonds is 1. The quantitative estimate of drug-likeness (QED) is 0.515. The number of nitrogens with zero attached hydrogens (tertiary/aromatic N) is 1. The van der Waals surface area contributed by atoms with Gasteiger partial charge in [-0.2, -0.15) is 5.26 Å². The molecular weight excluding hydrogens is 111 g/mol. The first kappa shape index (κ1) is 5.84.